The molecule has 1 amide bonds. The smallest absolute Gasteiger partial charge is 0.253 e. The number of amides is 1. The van der Waals surface area contributed by atoms with Crippen molar-refractivity contribution in [2.24, 2.45) is 5.73 Å². The lowest BCUT2D eigenvalue weighted by molar-refractivity contribution is 0.0950. The standard InChI is InChI=1S/C18H23N3O.2ClH/c1-12(2)14-6-8-15(9-7-14)17(19)11-21-18(22)16-5-4-10-20-13(16)3;;/h4-10,12,17H,11,19H2,1-3H3,(H,21,22);2*1H. The first-order valence-corrected chi connectivity index (χ1v) is 7.54. The third-order valence-corrected chi connectivity index (χ3v) is 3.77. The summed E-state index contributed by atoms with van der Waals surface area (Å²) in [5.41, 5.74) is 9.76. The molecule has 3 N–H and O–H groups in total. The fraction of sp³-hybridized carbons (Fsp3) is 0.333. The maximum Gasteiger partial charge on any atom is 0.253 e. The molecule has 0 radical (unpaired) electrons. The lowest BCUT2D eigenvalue weighted by atomic mass is 9.99. The molecule has 1 heterocycles. The predicted octanol–water partition coefficient (Wildman–Crippen LogP) is 3.79. The Morgan fingerprint density at radius 2 is 1.71 bits per heavy atom. The lowest BCUT2D eigenvalue weighted by Crippen LogP contribution is -2.32. The molecule has 24 heavy (non-hydrogen) atoms. The van der Waals surface area contributed by atoms with Crippen molar-refractivity contribution in [3.05, 3.63) is 65.0 Å². The van der Waals surface area contributed by atoms with E-state index in [-0.39, 0.29) is 36.8 Å². The molecule has 0 saturated carbocycles. The van der Waals surface area contributed by atoms with Gasteiger partial charge in [-0.1, -0.05) is 38.1 Å². The molecule has 1 aromatic heterocycles. The summed E-state index contributed by atoms with van der Waals surface area (Å²) >= 11 is 0. The van der Waals surface area contributed by atoms with Crippen molar-refractivity contribution in [3.8, 4) is 0 Å². The number of carbonyl (C=O) groups excluding carboxylic acids is 1. The monoisotopic (exact) mass is 369 g/mol. The molecule has 1 aromatic carbocycles. The van der Waals surface area contributed by atoms with Crippen LogP contribution in [0.4, 0.5) is 0 Å². The molecule has 0 fully saturated rings. The molecule has 2 rings (SSSR count). The van der Waals surface area contributed by atoms with E-state index < -0.39 is 0 Å². The first-order valence-electron chi connectivity index (χ1n) is 7.54. The van der Waals surface area contributed by atoms with Gasteiger partial charge in [-0.2, -0.15) is 0 Å². The molecule has 0 aliphatic carbocycles. The topological polar surface area (TPSA) is 68.0 Å². The van der Waals surface area contributed by atoms with Crippen molar-refractivity contribution in [2.75, 3.05) is 6.54 Å². The Kier molecular flexibility index (Phi) is 9.59. The molecule has 4 nitrogen and oxygen atoms in total. The summed E-state index contributed by atoms with van der Waals surface area (Å²) in [7, 11) is 0. The van der Waals surface area contributed by atoms with Crippen LogP contribution in [-0.4, -0.2) is 17.4 Å². The van der Waals surface area contributed by atoms with Crippen molar-refractivity contribution in [2.45, 2.75) is 32.7 Å². The van der Waals surface area contributed by atoms with E-state index in [4.69, 9.17) is 5.73 Å². The minimum absolute atomic E-state index is 0. The van der Waals surface area contributed by atoms with Crippen LogP contribution in [0.3, 0.4) is 0 Å². The number of aryl methyl sites for hydroxylation is 1. The number of hydrogen-bond donors (Lipinski definition) is 2. The van der Waals surface area contributed by atoms with Crippen LogP contribution in [0.2, 0.25) is 0 Å². The fourth-order valence-electron chi connectivity index (χ4n) is 2.27. The average Bonchev–Trinajstić information content (AvgIpc) is 2.52. The van der Waals surface area contributed by atoms with Crippen LogP contribution >= 0.6 is 24.8 Å². The second kappa shape index (κ2) is 10.3. The number of rotatable bonds is 5. The third-order valence-electron chi connectivity index (χ3n) is 3.77. The average molecular weight is 370 g/mol. The number of pyridine rings is 1. The number of nitrogens with one attached hydrogen (secondary N) is 1. The van der Waals surface area contributed by atoms with Gasteiger partial charge in [0, 0.05) is 24.5 Å². The van der Waals surface area contributed by atoms with Gasteiger partial charge in [0.25, 0.3) is 5.91 Å². The van der Waals surface area contributed by atoms with Crippen LogP contribution < -0.4 is 11.1 Å². The van der Waals surface area contributed by atoms with Gasteiger partial charge in [0.15, 0.2) is 0 Å². The zero-order chi connectivity index (χ0) is 16.1. The second-order valence-electron chi connectivity index (χ2n) is 5.77. The highest BCUT2D eigenvalue weighted by atomic mass is 35.5. The van der Waals surface area contributed by atoms with E-state index >= 15 is 0 Å². The number of nitrogens with two attached hydrogens (primary N) is 1. The minimum atomic E-state index is -0.220. The third kappa shape index (κ3) is 5.78. The van der Waals surface area contributed by atoms with Gasteiger partial charge < -0.3 is 11.1 Å². The summed E-state index contributed by atoms with van der Waals surface area (Å²) in [6.45, 7) is 6.53. The maximum atomic E-state index is 12.1. The molecule has 0 aliphatic rings. The molecule has 6 heteroatoms. The number of carbonyl (C=O) groups is 1. The summed E-state index contributed by atoms with van der Waals surface area (Å²) in [6, 6.07) is 11.5. The van der Waals surface area contributed by atoms with Gasteiger partial charge in [0.05, 0.1) is 5.56 Å². The highest BCUT2D eigenvalue weighted by molar-refractivity contribution is 5.95. The Morgan fingerprint density at radius 1 is 1.12 bits per heavy atom. The Balaban J connectivity index is 0.00000264. The largest absolute Gasteiger partial charge is 0.350 e. The van der Waals surface area contributed by atoms with E-state index in [0.717, 1.165) is 11.3 Å². The molecule has 1 atom stereocenters. The van der Waals surface area contributed by atoms with Gasteiger partial charge in [-0.25, -0.2) is 0 Å². The molecular formula is C18H25Cl2N3O. The van der Waals surface area contributed by atoms with E-state index in [2.05, 4.69) is 36.3 Å². The van der Waals surface area contributed by atoms with Crippen LogP contribution in [0, 0.1) is 6.92 Å². The molecule has 0 aliphatic heterocycles. The number of benzene rings is 1. The first kappa shape index (κ1) is 22.4. The van der Waals surface area contributed by atoms with Crippen LogP contribution in [0.25, 0.3) is 0 Å². The van der Waals surface area contributed by atoms with Gasteiger partial charge in [0.2, 0.25) is 0 Å². The van der Waals surface area contributed by atoms with Gasteiger partial charge in [-0.3, -0.25) is 9.78 Å². The fourth-order valence-corrected chi connectivity index (χ4v) is 2.27. The normalized spacial score (nSPS) is 11.2. The lowest BCUT2D eigenvalue weighted by Gasteiger charge is -2.15. The van der Waals surface area contributed by atoms with Crippen LogP contribution in [0.1, 0.15) is 53.0 Å². The molecule has 132 valence electrons. The maximum absolute atomic E-state index is 12.1. The Labute approximate surface area is 156 Å². The highest BCUT2D eigenvalue weighted by Gasteiger charge is 2.12. The number of halogens is 2. The molecule has 0 spiro atoms. The Hall–Kier alpha value is -1.62. The summed E-state index contributed by atoms with van der Waals surface area (Å²) < 4.78 is 0. The van der Waals surface area contributed by atoms with Crippen LogP contribution in [-0.2, 0) is 0 Å². The first-order chi connectivity index (χ1) is 10.5. The molecule has 1 unspecified atom stereocenters. The van der Waals surface area contributed by atoms with Crippen molar-refractivity contribution >= 4 is 30.7 Å². The van der Waals surface area contributed by atoms with Crippen molar-refractivity contribution in [1.29, 1.82) is 0 Å². The van der Waals surface area contributed by atoms with Crippen LogP contribution in [0.5, 0.6) is 0 Å². The summed E-state index contributed by atoms with van der Waals surface area (Å²) in [5.74, 6) is 0.360. The Morgan fingerprint density at radius 3 is 2.25 bits per heavy atom. The van der Waals surface area contributed by atoms with Gasteiger partial charge in [-0.05, 0) is 36.1 Å². The second-order valence-corrected chi connectivity index (χ2v) is 5.77. The highest BCUT2D eigenvalue weighted by Crippen LogP contribution is 2.17. The van der Waals surface area contributed by atoms with E-state index in [1.807, 2.05) is 19.1 Å². The summed E-state index contributed by atoms with van der Waals surface area (Å²) in [4.78, 5) is 16.3. The van der Waals surface area contributed by atoms with Crippen molar-refractivity contribution in [3.63, 3.8) is 0 Å². The summed E-state index contributed by atoms with van der Waals surface area (Å²) in [5, 5.41) is 2.87. The van der Waals surface area contributed by atoms with E-state index in [0.29, 0.717) is 18.0 Å². The quantitative estimate of drug-likeness (QED) is 0.842. The van der Waals surface area contributed by atoms with Gasteiger partial charge >= 0.3 is 0 Å². The Bertz CT molecular complexity index is 645. The van der Waals surface area contributed by atoms with Gasteiger partial charge in [-0.15, -0.1) is 24.8 Å². The molecule has 0 bridgehead atoms. The van der Waals surface area contributed by atoms with E-state index in [1.165, 1.54) is 5.56 Å². The zero-order valence-corrected chi connectivity index (χ0v) is 15.8. The van der Waals surface area contributed by atoms with Crippen molar-refractivity contribution in [1.82, 2.24) is 10.3 Å². The number of nitrogens with zero attached hydrogens (tertiary/aromatic N) is 1. The zero-order valence-electron chi connectivity index (χ0n) is 14.2. The van der Waals surface area contributed by atoms with E-state index in [1.54, 1.807) is 18.3 Å². The summed E-state index contributed by atoms with van der Waals surface area (Å²) in [6.07, 6.45) is 1.67. The number of hydrogen-bond acceptors (Lipinski definition) is 3. The molecule has 2 aromatic rings. The van der Waals surface area contributed by atoms with E-state index in [9.17, 15) is 4.79 Å². The molecule has 0 saturated heterocycles. The predicted molar refractivity (Wildman–Crippen MR) is 103 cm³/mol. The van der Waals surface area contributed by atoms with Gasteiger partial charge in [0.1, 0.15) is 0 Å². The minimum Gasteiger partial charge on any atom is -0.350 e. The molecular weight excluding hydrogens is 345 g/mol. The van der Waals surface area contributed by atoms with Crippen molar-refractivity contribution < 1.29 is 4.79 Å². The SMILES string of the molecule is Cc1ncccc1C(=O)NCC(N)c1ccc(C(C)C)cc1.Cl.Cl. The van der Waals surface area contributed by atoms with Crippen LogP contribution in [0.15, 0.2) is 42.6 Å². The number of aromatic nitrogens is 1.